The van der Waals surface area contributed by atoms with Gasteiger partial charge in [-0.15, -0.1) is 0 Å². The molecule has 0 aromatic heterocycles. The number of carbonyl (C=O) groups excluding carboxylic acids is 2. The van der Waals surface area contributed by atoms with Gasteiger partial charge in [0.15, 0.2) is 0 Å². The Balaban J connectivity index is 1.60. The minimum atomic E-state index is -0.740. The summed E-state index contributed by atoms with van der Waals surface area (Å²) in [7, 11) is 0. The first-order chi connectivity index (χ1) is 14.4. The SMILES string of the molecule is CC(=O)O[C@H]1CC[C@@]2(C)[C@@H](CC[C@H]3[C@@H]4CC[C@H]([C@H](C)OC(C)=O)[C@@]4(C)C[C@](C)(O)[C@@H]32)C1. The van der Waals surface area contributed by atoms with Crippen LogP contribution in [0.3, 0.4) is 0 Å². The van der Waals surface area contributed by atoms with Crippen LogP contribution in [-0.4, -0.2) is 34.9 Å². The highest BCUT2D eigenvalue weighted by Gasteiger charge is 2.67. The molecule has 4 fully saturated rings. The Kier molecular flexibility index (Phi) is 5.76. The lowest BCUT2D eigenvalue weighted by Gasteiger charge is -2.65. The van der Waals surface area contributed by atoms with Crippen LogP contribution in [-0.2, 0) is 19.1 Å². The van der Waals surface area contributed by atoms with Gasteiger partial charge < -0.3 is 14.6 Å². The quantitative estimate of drug-likeness (QED) is 0.640. The van der Waals surface area contributed by atoms with Gasteiger partial charge in [-0.1, -0.05) is 13.8 Å². The highest BCUT2D eigenvalue weighted by Crippen LogP contribution is 2.70. The average molecular weight is 435 g/mol. The van der Waals surface area contributed by atoms with Crippen LogP contribution in [0.2, 0.25) is 0 Å². The summed E-state index contributed by atoms with van der Waals surface area (Å²) in [5.41, 5.74) is -0.655. The smallest absolute Gasteiger partial charge is 0.302 e. The third kappa shape index (κ3) is 3.73. The fraction of sp³-hybridized carbons (Fsp3) is 0.923. The van der Waals surface area contributed by atoms with Crippen LogP contribution in [0.5, 0.6) is 0 Å². The Labute approximate surface area is 187 Å². The predicted octanol–water partition coefficient (Wildman–Crippen LogP) is 4.89. The third-order valence-electron chi connectivity index (χ3n) is 10.1. The molecule has 0 unspecified atom stereocenters. The molecule has 176 valence electrons. The number of esters is 2. The van der Waals surface area contributed by atoms with Crippen molar-refractivity contribution in [1.29, 1.82) is 0 Å². The normalized spacial score (nSPS) is 49.9. The van der Waals surface area contributed by atoms with Gasteiger partial charge in [0.1, 0.15) is 12.2 Å². The number of aliphatic hydroxyl groups is 1. The van der Waals surface area contributed by atoms with Crippen molar-refractivity contribution in [2.24, 2.45) is 40.4 Å². The summed E-state index contributed by atoms with van der Waals surface area (Å²) < 4.78 is 11.2. The van der Waals surface area contributed by atoms with E-state index in [-0.39, 0.29) is 40.9 Å². The van der Waals surface area contributed by atoms with Crippen LogP contribution in [0.15, 0.2) is 0 Å². The van der Waals surface area contributed by atoms with Crippen molar-refractivity contribution in [2.75, 3.05) is 0 Å². The topological polar surface area (TPSA) is 72.8 Å². The van der Waals surface area contributed by atoms with E-state index < -0.39 is 5.60 Å². The molecule has 0 aromatic carbocycles. The van der Waals surface area contributed by atoms with Crippen molar-refractivity contribution in [2.45, 2.75) is 111 Å². The maximum atomic E-state index is 12.0. The lowest BCUT2D eigenvalue weighted by molar-refractivity contribution is -0.225. The lowest BCUT2D eigenvalue weighted by Crippen LogP contribution is -2.64. The molecule has 0 radical (unpaired) electrons. The number of rotatable bonds is 3. The molecule has 10 atom stereocenters. The number of carbonyl (C=O) groups is 2. The molecule has 0 spiro atoms. The molecule has 1 N–H and O–H groups in total. The van der Waals surface area contributed by atoms with Gasteiger partial charge >= 0.3 is 11.9 Å². The highest BCUT2D eigenvalue weighted by molar-refractivity contribution is 5.66. The Morgan fingerprint density at radius 1 is 0.968 bits per heavy atom. The third-order valence-corrected chi connectivity index (χ3v) is 10.1. The number of hydrogen-bond acceptors (Lipinski definition) is 5. The summed E-state index contributed by atoms with van der Waals surface area (Å²) in [4.78, 5) is 23.1. The van der Waals surface area contributed by atoms with Gasteiger partial charge in [-0.05, 0) is 99.7 Å². The second-order valence-electron chi connectivity index (χ2n) is 12.1. The maximum absolute atomic E-state index is 12.0. The zero-order valence-corrected chi connectivity index (χ0v) is 20.3. The van der Waals surface area contributed by atoms with Crippen LogP contribution < -0.4 is 0 Å². The molecule has 4 rings (SSSR count). The van der Waals surface area contributed by atoms with E-state index in [1.165, 1.54) is 20.3 Å². The minimum Gasteiger partial charge on any atom is -0.463 e. The Morgan fingerprint density at radius 2 is 1.68 bits per heavy atom. The molecule has 4 aliphatic rings. The molecule has 4 aliphatic carbocycles. The summed E-state index contributed by atoms with van der Waals surface area (Å²) in [5.74, 6) is 1.77. The van der Waals surface area contributed by atoms with Crippen molar-refractivity contribution in [1.82, 2.24) is 0 Å². The van der Waals surface area contributed by atoms with Gasteiger partial charge in [-0.25, -0.2) is 0 Å². The van der Waals surface area contributed by atoms with Gasteiger partial charge in [-0.2, -0.15) is 0 Å². The van der Waals surface area contributed by atoms with Crippen LogP contribution in [0, 0.1) is 40.4 Å². The molecule has 0 amide bonds. The average Bonchev–Trinajstić information content (AvgIpc) is 2.96. The molecule has 4 saturated carbocycles. The molecule has 0 heterocycles. The molecule has 0 aliphatic heterocycles. The largest absolute Gasteiger partial charge is 0.463 e. The van der Waals surface area contributed by atoms with Gasteiger partial charge in [0, 0.05) is 19.8 Å². The van der Waals surface area contributed by atoms with Crippen molar-refractivity contribution >= 4 is 11.9 Å². The van der Waals surface area contributed by atoms with E-state index in [1.54, 1.807) is 0 Å². The minimum absolute atomic E-state index is 0.00231. The second kappa shape index (κ2) is 7.74. The lowest BCUT2D eigenvalue weighted by atomic mass is 9.41. The van der Waals surface area contributed by atoms with Gasteiger partial charge in [0.2, 0.25) is 0 Å². The molecular weight excluding hydrogens is 392 g/mol. The molecule has 5 heteroatoms. The number of fused-ring (bicyclic) bond motifs is 5. The summed E-state index contributed by atoms with van der Waals surface area (Å²) in [6.45, 7) is 11.9. The monoisotopic (exact) mass is 434 g/mol. The molecule has 0 bridgehead atoms. The first-order valence-electron chi connectivity index (χ1n) is 12.5. The van der Waals surface area contributed by atoms with Crippen LogP contribution in [0.25, 0.3) is 0 Å². The summed E-state index contributed by atoms with van der Waals surface area (Å²) in [5, 5.41) is 12.0. The molecule has 0 aromatic rings. The molecule has 0 saturated heterocycles. The standard InChI is InChI=1S/C26H42O5/c1-15(30-16(2)27)21-9-10-22-20-8-7-18-13-19(31-17(3)28)11-12-24(18,4)23(20)26(6,29)14-25(21,22)5/h15,18-23,29H,7-14H2,1-6H3/t15-,18-,19-,20-,21+,22-,23-,24-,25+,26-/m0/s1. The van der Waals surface area contributed by atoms with E-state index in [0.29, 0.717) is 23.7 Å². The van der Waals surface area contributed by atoms with Crippen LogP contribution in [0.1, 0.15) is 92.9 Å². The Bertz CT molecular complexity index is 731. The zero-order chi connectivity index (χ0) is 22.8. The summed E-state index contributed by atoms with van der Waals surface area (Å²) in [6.07, 6.45) is 8.09. The predicted molar refractivity (Wildman–Crippen MR) is 118 cm³/mol. The second-order valence-corrected chi connectivity index (χ2v) is 12.1. The molecule has 5 nitrogen and oxygen atoms in total. The Morgan fingerprint density at radius 3 is 2.32 bits per heavy atom. The van der Waals surface area contributed by atoms with Gasteiger partial charge in [0.25, 0.3) is 0 Å². The van der Waals surface area contributed by atoms with Crippen molar-refractivity contribution in [3.63, 3.8) is 0 Å². The first-order valence-corrected chi connectivity index (χ1v) is 12.5. The van der Waals surface area contributed by atoms with Gasteiger partial charge in [0.05, 0.1) is 5.60 Å². The van der Waals surface area contributed by atoms with E-state index in [0.717, 1.165) is 44.9 Å². The fourth-order valence-electron chi connectivity index (χ4n) is 9.49. The van der Waals surface area contributed by atoms with Crippen molar-refractivity contribution in [3.05, 3.63) is 0 Å². The van der Waals surface area contributed by atoms with E-state index in [1.807, 2.05) is 6.92 Å². The van der Waals surface area contributed by atoms with E-state index in [9.17, 15) is 14.7 Å². The highest BCUT2D eigenvalue weighted by atomic mass is 16.5. The fourth-order valence-corrected chi connectivity index (χ4v) is 9.49. The summed E-state index contributed by atoms with van der Waals surface area (Å²) in [6, 6.07) is 0. The van der Waals surface area contributed by atoms with E-state index in [2.05, 4.69) is 20.8 Å². The van der Waals surface area contributed by atoms with E-state index >= 15 is 0 Å². The Hall–Kier alpha value is -1.10. The first kappa shape index (κ1) is 23.1. The number of ether oxygens (including phenoxy) is 2. The zero-order valence-electron chi connectivity index (χ0n) is 20.3. The van der Waals surface area contributed by atoms with E-state index in [4.69, 9.17) is 9.47 Å². The van der Waals surface area contributed by atoms with Crippen molar-refractivity contribution in [3.8, 4) is 0 Å². The van der Waals surface area contributed by atoms with Crippen LogP contribution >= 0.6 is 0 Å². The maximum Gasteiger partial charge on any atom is 0.302 e. The molecule has 31 heavy (non-hydrogen) atoms. The molecular formula is C26H42O5. The van der Waals surface area contributed by atoms with Crippen molar-refractivity contribution < 1.29 is 24.2 Å². The summed E-state index contributed by atoms with van der Waals surface area (Å²) >= 11 is 0. The van der Waals surface area contributed by atoms with Gasteiger partial charge in [-0.3, -0.25) is 9.59 Å². The van der Waals surface area contributed by atoms with Crippen LogP contribution in [0.4, 0.5) is 0 Å². The number of hydrogen-bond donors (Lipinski definition) is 1.